The minimum Gasteiger partial charge on any atom is -0.374 e. The Morgan fingerprint density at radius 3 is 2.53 bits per heavy atom. The number of aromatic nitrogens is 3. The van der Waals surface area contributed by atoms with Crippen LogP contribution >= 0.6 is 22.6 Å². The van der Waals surface area contributed by atoms with Crippen molar-refractivity contribution < 1.29 is 4.74 Å². The van der Waals surface area contributed by atoms with Crippen LogP contribution in [0.3, 0.4) is 0 Å². The second-order valence-corrected chi connectivity index (χ2v) is 6.54. The van der Waals surface area contributed by atoms with Gasteiger partial charge in [0, 0.05) is 9.13 Å². The van der Waals surface area contributed by atoms with Crippen LogP contribution in [0, 0.1) is 3.57 Å². The molecule has 0 aliphatic rings. The van der Waals surface area contributed by atoms with Crippen molar-refractivity contribution in [2.45, 2.75) is 32.9 Å². The topological polar surface area (TPSA) is 39.9 Å². The molecule has 4 nitrogen and oxygen atoms in total. The van der Waals surface area contributed by atoms with Crippen LogP contribution in [-0.4, -0.2) is 27.0 Å². The highest BCUT2D eigenvalue weighted by Gasteiger charge is 2.10. The first-order valence-electron chi connectivity index (χ1n) is 6.23. The second kappa shape index (κ2) is 6.00. The Labute approximate surface area is 127 Å². The van der Waals surface area contributed by atoms with E-state index in [2.05, 4.69) is 44.8 Å². The van der Waals surface area contributed by atoms with Crippen LogP contribution in [0.4, 0.5) is 0 Å². The van der Waals surface area contributed by atoms with Crippen molar-refractivity contribution in [3.8, 4) is 11.4 Å². The lowest BCUT2D eigenvalue weighted by atomic mass is 10.2. The Balaban J connectivity index is 1.97. The molecule has 0 amide bonds. The zero-order valence-corrected chi connectivity index (χ0v) is 13.6. The van der Waals surface area contributed by atoms with Crippen molar-refractivity contribution in [1.29, 1.82) is 0 Å². The Bertz CT molecular complexity index is 528. The van der Waals surface area contributed by atoms with Crippen LogP contribution in [0.25, 0.3) is 11.4 Å². The monoisotopic (exact) mass is 371 g/mol. The molecule has 0 spiro atoms. The quantitative estimate of drug-likeness (QED) is 0.774. The van der Waals surface area contributed by atoms with Gasteiger partial charge in [-0.2, -0.15) is 5.10 Å². The van der Waals surface area contributed by atoms with Gasteiger partial charge < -0.3 is 4.74 Å². The smallest absolute Gasteiger partial charge is 0.181 e. The van der Waals surface area contributed by atoms with Crippen molar-refractivity contribution in [1.82, 2.24) is 14.8 Å². The van der Waals surface area contributed by atoms with E-state index in [9.17, 15) is 0 Å². The zero-order valence-electron chi connectivity index (χ0n) is 11.4. The fraction of sp³-hybridized carbons (Fsp3) is 0.429. The summed E-state index contributed by atoms with van der Waals surface area (Å²) in [5.74, 6) is 0.757. The zero-order chi connectivity index (χ0) is 13.9. The third-order valence-electron chi connectivity index (χ3n) is 2.49. The van der Waals surface area contributed by atoms with E-state index in [0.717, 1.165) is 11.4 Å². The lowest BCUT2D eigenvalue weighted by Gasteiger charge is -2.19. The maximum Gasteiger partial charge on any atom is 0.181 e. The summed E-state index contributed by atoms with van der Waals surface area (Å²) in [6.07, 6.45) is 1.75. The summed E-state index contributed by atoms with van der Waals surface area (Å²) in [4.78, 5) is 4.33. The van der Waals surface area contributed by atoms with E-state index in [0.29, 0.717) is 13.2 Å². The first-order valence-corrected chi connectivity index (χ1v) is 7.31. The van der Waals surface area contributed by atoms with Gasteiger partial charge in [-0.05, 0) is 55.5 Å². The van der Waals surface area contributed by atoms with Crippen LogP contribution in [0.2, 0.25) is 0 Å². The number of ether oxygens (including phenoxy) is 1. The van der Waals surface area contributed by atoms with E-state index in [1.54, 1.807) is 6.33 Å². The van der Waals surface area contributed by atoms with E-state index in [4.69, 9.17) is 4.74 Å². The molecule has 0 fully saturated rings. The molecule has 2 rings (SSSR count). The average Bonchev–Trinajstić information content (AvgIpc) is 2.77. The van der Waals surface area contributed by atoms with Crippen LogP contribution in [0.1, 0.15) is 20.8 Å². The molecule has 0 bridgehead atoms. The Morgan fingerprint density at radius 2 is 1.89 bits per heavy atom. The molecular formula is C14H18IN3O. The molecule has 0 aliphatic heterocycles. The first-order chi connectivity index (χ1) is 8.94. The van der Waals surface area contributed by atoms with Gasteiger partial charge in [-0.25, -0.2) is 4.98 Å². The number of halogens is 1. The highest BCUT2D eigenvalue weighted by molar-refractivity contribution is 14.1. The summed E-state index contributed by atoms with van der Waals surface area (Å²) in [6, 6.07) is 8.18. The molecule has 2 aromatic rings. The van der Waals surface area contributed by atoms with Gasteiger partial charge in [-0.1, -0.05) is 12.1 Å². The fourth-order valence-corrected chi connectivity index (χ4v) is 1.94. The second-order valence-electron chi connectivity index (χ2n) is 5.30. The predicted molar refractivity (Wildman–Crippen MR) is 83.9 cm³/mol. The maximum atomic E-state index is 5.67. The van der Waals surface area contributed by atoms with Crippen molar-refractivity contribution in [2.75, 3.05) is 6.61 Å². The van der Waals surface area contributed by atoms with E-state index < -0.39 is 0 Å². The lowest BCUT2D eigenvalue weighted by Crippen LogP contribution is -2.22. The summed E-state index contributed by atoms with van der Waals surface area (Å²) in [7, 11) is 0. The van der Waals surface area contributed by atoms with Gasteiger partial charge in [0.25, 0.3) is 0 Å². The SMILES string of the molecule is CC(C)(C)OCCn1cnc(-c2ccc(I)cc2)n1. The van der Waals surface area contributed by atoms with Gasteiger partial charge in [0.05, 0.1) is 18.8 Å². The standard InChI is InChI=1S/C14H18IN3O/c1-14(2,3)19-9-8-18-10-16-13(17-18)11-4-6-12(15)7-5-11/h4-7,10H,8-9H2,1-3H3. The number of benzene rings is 1. The molecule has 1 aromatic carbocycles. The largest absolute Gasteiger partial charge is 0.374 e. The van der Waals surface area contributed by atoms with Gasteiger partial charge in [0.15, 0.2) is 5.82 Å². The average molecular weight is 371 g/mol. The van der Waals surface area contributed by atoms with E-state index >= 15 is 0 Å². The summed E-state index contributed by atoms with van der Waals surface area (Å²) >= 11 is 2.28. The Hall–Kier alpha value is -0.950. The van der Waals surface area contributed by atoms with Gasteiger partial charge >= 0.3 is 0 Å². The molecule has 0 aliphatic carbocycles. The molecule has 102 valence electrons. The van der Waals surface area contributed by atoms with E-state index in [1.165, 1.54) is 3.57 Å². The maximum absolute atomic E-state index is 5.67. The van der Waals surface area contributed by atoms with Gasteiger partial charge in [0.2, 0.25) is 0 Å². The molecule has 0 radical (unpaired) electrons. The molecule has 5 heteroatoms. The minimum absolute atomic E-state index is 0.112. The highest BCUT2D eigenvalue weighted by atomic mass is 127. The molecule has 0 unspecified atom stereocenters. The normalized spacial score (nSPS) is 11.8. The number of hydrogen-bond acceptors (Lipinski definition) is 3. The van der Waals surface area contributed by atoms with Gasteiger partial charge in [-0.15, -0.1) is 0 Å². The van der Waals surface area contributed by atoms with Gasteiger partial charge in [-0.3, -0.25) is 4.68 Å². The summed E-state index contributed by atoms with van der Waals surface area (Å²) in [6.45, 7) is 7.50. The third kappa shape index (κ3) is 4.58. The van der Waals surface area contributed by atoms with Crippen LogP contribution in [0.15, 0.2) is 30.6 Å². The summed E-state index contributed by atoms with van der Waals surface area (Å²) in [5.41, 5.74) is 0.926. The Kier molecular flexibility index (Phi) is 4.57. The molecule has 0 saturated heterocycles. The first kappa shape index (κ1) is 14.5. The van der Waals surface area contributed by atoms with Crippen molar-refractivity contribution in [3.63, 3.8) is 0 Å². The summed E-state index contributed by atoms with van der Waals surface area (Å²) < 4.78 is 8.70. The number of rotatable bonds is 4. The molecule has 19 heavy (non-hydrogen) atoms. The minimum atomic E-state index is -0.112. The molecule has 0 saturated carbocycles. The van der Waals surface area contributed by atoms with Crippen LogP contribution in [-0.2, 0) is 11.3 Å². The molecule has 0 N–H and O–H groups in total. The lowest BCUT2D eigenvalue weighted by molar-refractivity contribution is -0.00790. The fourth-order valence-electron chi connectivity index (χ4n) is 1.58. The van der Waals surface area contributed by atoms with Crippen molar-refractivity contribution in [2.24, 2.45) is 0 Å². The Morgan fingerprint density at radius 1 is 1.21 bits per heavy atom. The summed E-state index contributed by atoms with van der Waals surface area (Å²) in [5, 5.41) is 4.45. The van der Waals surface area contributed by atoms with Crippen LogP contribution < -0.4 is 0 Å². The predicted octanol–water partition coefficient (Wildman–Crippen LogP) is 3.36. The molecule has 0 atom stereocenters. The molecular weight excluding hydrogens is 353 g/mol. The van der Waals surface area contributed by atoms with E-state index in [1.807, 2.05) is 37.6 Å². The van der Waals surface area contributed by atoms with Crippen molar-refractivity contribution >= 4 is 22.6 Å². The van der Waals surface area contributed by atoms with Crippen LogP contribution in [0.5, 0.6) is 0 Å². The number of nitrogens with zero attached hydrogens (tertiary/aromatic N) is 3. The number of hydrogen-bond donors (Lipinski definition) is 0. The third-order valence-corrected chi connectivity index (χ3v) is 3.21. The van der Waals surface area contributed by atoms with Gasteiger partial charge in [0.1, 0.15) is 6.33 Å². The van der Waals surface area contributed by atoms with Crippen molar-refractivity contribution in [3.05, 3.63) is 34.2 Å². The highest BCUT2D eigenvalue weighted by Crippen LogP contribution is 2.16. The van der Waals surface area contributed by atoms with E-state index in [-0.39, 0.29) is 5.60 Å². The molecule has 1 heterocycles. The molecule has 1 aromatic heterocycles.